The number of nitrogens with zero attached hydrogens (tertiary/aromatic N) is 1. The van der Waals surface area contributed by atoms with E-state index in [1.807, 2.05) is 0 Å². The van der Waals surface area contributed by atoms with E-state index < -0.39 is 0 Å². The summed E-state index contributed by atoms with van der Waals surface area (Å²) in [5, 5.41) is 14.6. The lowest BCUT2D eigenvalue weighted by Gasteiger charge is -2.20. The number of hydrogen-bond acceptors (Lipinski definition) is 3. The molecule has 0 aliphatic heterocycles. The van der Waals surface area contributed by atoms with E-state index in [1.54, 1.807) is 12.1 Å². The maximum Gasteiger partial charge on any atom is 0.292 e. The van der Waals surface area contributed by atoms with Crippen molar-refractivity contribution < 1.29 is 4.92 Å². The third-order valence-corrected chi connectivity index (χ3v) is 4.14. The number of halogens is 1. The van der Waals surface area contributed by atoms with Crippen LogP contribution >= 0.6 is 11.6 Å². The fourth-order valence-electron chi connectivity index (χ4n) is 2.20. The number of rotatable bonds is 5. The topological polar surface area (TPSA) is 55.2 Å². The van der Waals surface area contributed by atoms with E-state index in [1.165, 1.54) is 18.9 Å². The smallest absolute Gasteiger partial charge is 0.292 e. The summed E-state index contributed by atoms with van der Waals surface area (Å²) in [4.78, 5) is 10.5. The van der Waals surface area contributed by atoms with Gasteiger partial charge in [0.25, 0.3) is 5.69 Å². The number of nitro benzene ring substituents is 1. The van der Waals surface area contributed by atoms with Gasteiger partial charge in [-0.3, -0.25) is 10.1 Å². The predicted octanol–water partition coefficient (Wildman–Crippen LogP) is 4.10. The van der Waals surface area contributed by atoms with Gasteiger partial charge in [-0.25, -0.2) is 0 Å². The van der Waals surface area contributed by atoms with Gasteiger partial charge in [-0.2, -0.15) is 0 Å². The minimum atomic E-state index is -0.381. The van der Waals surface area contributed by atoms with Crippen LogP contribution in [-0.4, -0.2) is 11.5 Å². The highest BCUT2D eigenvalue weighted by molar-refractivity contribution is 6.31. The van der Waals surface area contributed by atoms with E-state index >= 15 is 0 Å². The maximum atomic E-state index is 10.9. The molecule has 0 bridgehead atoms. The Morgan fingerprint density at radius 2 is 2.17 bits per heavy atom. The van der Waals surface area contributed by atoms with Crippen LogP contribution in [0, 0.1) is 21.4 Å². The van der Waals surface area contributed by atoms with E-state index in [0.29, 0.717) is 22.0 Å². The van der Waals surface area contributed by atoms with Crippen molar-refractivity contribution >= 4 is 23.0 Å². The van der Waals surface area contributed by atoms with E-state index in [4.69, 9.17) is 11.6 Å². The number of anilines is 1. The Morgan fingerprint density at radius 1 is 1.50 bits per heavy atom. The molecule has 2 rings (SSSR count). The summed E-state index contributed by atoms with van der Waals surface area (Å²) in [7, 11) is 0. The molecule has 0 heterocycles. The molecule has 1 aliphatic rings. The average Bonchev–Trinajstić information content (AvgIpc) is 3.07. The van der Waals surface area contributed by atoms with Crippen molar-refractivity contribution in [3.05, 3.63) is 33.3 Å². The van der Waals surface area contributed by atoms with Gasteiger partial charge in [-0.05, 0) is 36.3 Å². The fraction of sp³-hybridized carbons (Fsp3) is 0.538. The molecule has 0 unspecified atom stereocenters. The van der Waals surface area contributed by atoms with Gasteiger partial charge in [-0.15, -0.1) is 0 Å². The summed E-state index contributed by atoms with van der Waals surface area (Å²) in [5.41, 5.74) is 0.897. The molecule has 1 aromatic carbocycles. The van der Waals surface area contributed by atoms with Crippen molar-refractivity contribution in [2.24, 2.45) is 11.3 Å². The van der Waals surface area contributed by atoms with E-state index in [-0.39, 0.29) is 10.6 Å². The van der Waals surface area contributed by atoms with Crippen LogP contribution in [0.1, 0.15) is 26.7 Å². The third-order valence-electron chi connectivity index (χ3n) is 3.90. The molecular weight excluding hydrogens is 252 g/mol. The largest absolute Gasteiger partial charge is 0.379 e. The molecule has 4 nitrogen and oxygen atoms in total. The molecule has 1 N–H and O–H groups in total. The van der Waals surface area contributed by atoms with Crippen LogP contribution < -0.4 is 5.32 Å². The van der Waals surface area contributed by atoms with Crippen LogP contribution in [0.5, 0.6) is 0 Å². The Balaban J connectivity index is 2.14. The standard InChI is InChI=1S/C13H17ClN2O2/c1-9(2)13(5-6-13)8-15-11-7-10(14)3-4-12(11)16(17)18/h3-4,7,9,15H,5-6,8H2,1-2H3. The molecule has 0 amide bonds. The van der Waals surface area contributed by atoms with Crippen molar-refractivity contribution in [1.29, 1.82) is 0 Å². The molecule has 0 saturated heterocycles. The van der Waals surface area contributed by atoms with Crippen LogP contribution in [0.2, 0.25) is 5.02 Å². The molecule has 1 aliphatic carbocycles. The molecule has 1 fully saturated rings. The Hall–Kier alpha value is -1.29. The molecular formula is C13H17ClN2O2. The van der Waals surface area contributed by atoms with Gasteiger partial charge in [0, 0.05) is 17.6 Å². The summed E-state index contributed by atoms with van der Waals surface area (Å²) in [5.74, 6) is 0.586. The monoisotopic (exact) mass is 268 g/mol. The number of nitrogens with one attached hydrogen (secondary N) is 1. The van der Waals surface area contributed by atoms with Crippen molar-refractivity contribution in [2.45, 2.75) is 26.7 Å². The van der Waals surface area contributed by atoms with Crippen LogP contribution in [0.25, 0.3) is 0 Å². The Kier molecular flexibility index (Phi) is 3.48. The SMILES string of the molecule is CC(C)C1(CNc2cc(Cl)ccc2[N+](=O)[O-])CC1. The second-order valence-electron chi connectivity index (χ2n) is 5.29. The highest BCUT2D eigenvalue weighted by atomic mass is 35.5. The first-order valence-corrected chi connectivity index (χ1v) is 6.50. The lowest BCUT2D eigenvalue weighted by atomic mass is 9.92. The number of benzene rings is 1. The molecule has 98 valence electrons. The van der Waals surface area contributed by atoms with E-state index in [0.717, 1.165) is 6.54 Å². The zero-order chi connectivity index (χ0) is 13.3. The maximum absolute atomic E-state index is 10.9. The lowest BCUT2D eigenvalue weighted by Crippen LogP contribution is -2.21. The molecule has 5 heteroatoms. The van der Waals surface area contributed by atoms with Gasteiger partial charge >= 0.3 is 0 Å². The molecule has 1 aromatic rings. The minimum absolute atomic E-state index is 0.0824. The molecule has 18 heavy (non-hydrogen) atoms. The van der Waals surface area contributed by atoms with Crippen LogP contribution in [-0.2, 0) is 0 Å². The molecule has 0 spiro atoms. The minimum Gasteiger partial charge on any atom is -0.379 e. The molecule has 0 aromatic heterocycles. The van der Waals surface area contributed by atoms with Gasteiger partial charge in [0.2, 0.25) is 0 Å². The number of nitro groups is 1. The summed E-state index contributed by atoms with van der Waals surface area (Å²) in [6.07, 6.45) is 2.37. The van der Waals surface area contributed by atoms with Crippen LogP contribution in [0.3, 0.4) is 0 Å². The van der Waals surface area contributed by atoms with E-state index in [2.05, 4.69) is 19.2 Å². The van der Waals surface area contributed by atoms with Crippen molar-refractivity contribution in [3.63, 3.8) is 0 Å². The van der Waals surface area contributed by atoms with Gasteiger partial charge in [0.1, 0.15) is 5.69 Å². The highest BCUT2D eigenvalue weighted by Crippen LogP contribution is 2.52. The summed E-state index contributed by atoms with van der Waals surface area (Å²) in [6.45, 7) is 5.16. The molecule has 0 atom stereocenters. The summed E-state index contributed by atoms with van der Waals surface area (Å²) >= 11 is 5.89. The summed E-state index contributed by atoms with van der Waals surface area (Å²) in [6, 6.07) is 4.61. The van der Waals surface area contributed by atoms with Gasteiger partial charge in [0.05, 0.1) is 4.92 Å². The first-order chi connectivity index (χ1) is 8.44. The Bertz CT molecular complexity index is 470. The van der Waals surface area contributed by atoms with Crippen molar-refractivity contribution in [3.8, 4) is 0 Å². The fourth-order valence-corrected chi connectivity index (χ4v) is 2.37. The van der Waals surface area contributed by atoms with Crippen LogP contribution in [0.15, 0.2) is 18.2 Å². The lowest BCUT2D eigenvalue weighted by molar-refractivity contribution is -0.384. The van der Waals surface area contributed by atoms with Crippen LogP contribution in [0.4, 0.5) is 11.4 Å². The highest BCUT2D eigenvalue weighted by Gasteiger charge is 2.45. The normalized spacial score (nSPS) is 16.7. The summed E-state index contributed by atoms with van der Waals surface area (Å²) < 4.78 is 0. The first kappa shape index (κ1) is 13.1. The molecule has 0 radical (unpaired) electrons. The average molecular weight is 269 g/mol. The van der Waals surface area contributed by atoms with Gasteiger partial charge < -0.3 is 5.32 Å². The Morgan fingerprint density at radius 3 is 2.67 bits per heavy atom. The van der Waals surface area contributed by atoms with Crippen molar-refractivity contribution in [2.75, 3.05) is 11.9 Å². The second-order valence-corrected chi connectivity index (χ2v) is 5.73. The zero-order valence-electron chi connectivity index (χ0n) is 10.6. The number of hydrogen-bond donors (Lipinski definition) is 1. The first-order valence-electron chi connectivity index (χ1n) is 6.12. The predicted molar refractivity (Wildman–Crippen MR) is 73.1 cm³/mol. The van der Waals surface area contributed by atoms with Gasteiger partial charge in [0.15, 0.2) is 0 Å². The Labute approximate surface area is 111 Å². The quantitative estimate of drug-likeness (QED) is 0.646. The molecule has 1 saturated carbocycles. The van der Waals surface area contributed by atoms with Gasteiger partial charge in [-0.1, -0.05) is 25.4 Å². The van der Waals surface area contributed by atoms with Crippen molar-refractivity contribution in [1.82, 2.24) is 0 Å². The second kappa shape index (κ2) is 4.76. The third kappa shape index (κ3) is 2.58. The van der Waals surface area contributed by atoms with E-state index in [9.17, 15) is 10.1 Å². The zero-order valence-corrected chi connectivity index (χ0v) is 11.3.